The van der Waals surface area contributed by atoms with Crippen molar-refractivity contribution in [2.75, 3.05) is 0 Å². The molecule has 1 saturated heterocycles. The van der Waals surface area contributed by atoms with E-state index in [1.165, 1.54) is 0 Å². The van der Waals surface area contributed by atoms with Crippen LogP contribution in [0.25, 0.3) is 0 Å². The maximum absolute atomic E-state index is 13.8. The van der Waals surface area contributed by atoms with Gasteiger partial charge < -0.3 is 5.32 Å². The Hall–Kier alpha value is -2.65. The largest absolute Gasteiger partial charge is 0.440 e. The predicted octanol–water partition coefficient (Wildman–Crippen LogP) is 2.70. The Balaban J connectivity index is 1.91. The van der Waals surface area contributed by atoms with E-state index in [0.717, 1.165) is 30.7 Å². The molecule has 2 aliphatic rings. The van der Waals surface area contributed by atoms with E-state index in [0.29, 0.717) is 30.6 Å². The number of rotatable bonds is 3. The van der Waals surface area contributed by atoms with Crippen LogP contribution in [0.5, 0.6) is 0 Å². The molecule has 3 rings (SSSR count). The zero-order valence-corrected chi connectivity index (χ0v) is 14.1. The van der Waals surface area contributed by atoms with Gasteiger partial charge in [0, 0.05) is 11.6 Å². The van der Waals surface area contributed by atoms with Crippen LogP contribution in [0.2, 0.25) is 0 Å². The fourth-order valence-electron chi connectivity index (χ4n) is 3.41. The average molecular weight is 387 g/mol. The van der Waals surface area contributed by atoms with Crippen LogP contribution in [0.3, 0.4) is 0 Å². The Morgan fingerprint density at radius 3 is 2.26 bits per heavy atom. The molecule has 0 spiro atoms. The van der Waals surface area contributed by atoms with Crippen molar-refractivity contribution < 1.29 is 31.9 Å². The number of halogens is 4. The van der Waals surface area contributed by atoms with Gasteiger partial charge in [-0.2, -0.15) is 13.2 Å². The number of nitrogens with one attached hydrogen (secondary N) is 2. The molecule has 1 unspecified atom stereocenters. The van der Waals surface area contributed by atoms with Crippen LogP contribution >= 0.6 is 0 Å². The van der Waals surface area contributed by atoms with Gasteiger partial charge in [-0.15, -0.1) is 0 Å². The summed E-state index contributed by atoms with van der Waals surface area (Å²) >= 11 is 0. The second-order valence-electron chi connectivity index (χ2n) is 6.61. The van der Waals surface area contributed by atoms with E-state index in [4.69, 9.17) is 0 Å². The highest BCUT2D eigenvalue weighted by Crippen LogP contribution is 2.36. The molecule has 1 saturated carbocycles. The Morgan fingerprint density at radius 1 is 1.11 bits per heavy atom. The lowest BCUT2D eigenvalue weighted by atomic mass is 9.94. The van der Waals surface area contributed by atoms with Crippen molar-refractivity contribution in [3.63, 3.8) is 0 Å². The lowest BCUT2D eigenvalue weighted by molar-refractivity contribution is -0.200. The fraction of sp³-hybridized carbons (Fsp3) is 0.471. The molecule has 146 valence electrons. The molecular weight excluding hydrogens is 370 g/mol. The number of hydrogen-bond acceptors (Lipinski definition) is 3. The smallest absolute Gasteiger partial charge is 0.314 e. The third-order valence-corrected chi connectivity index (χ3v) is 4.83. The molecule has 1 aliphatic heterocycles. The standard InChI is InChI=1S/C17H17F4N3O3/c18-11-8-6-10(7-9-11)13(25)22-16(17(19,20)21)14(26)24(15(27)23-16)12-4-2-1-3-5-12/h6-9,12H,1-5H2,(H,22,25)(H,23,27). The second-order valence-corrected chi connectivity index (χ2v) is 6.61. The van der Waals surface area contributed by atoms with Gasteiger partial charge in [0.15, 0.2) is 0 Å². The van der Waals surface area contributed by atoms with Crippen LogP contribution in [-0.2, 0) is 4.79 Å². The van der Waals surface area contributed by atoms with Crippen molar-refractivity contribution in [2.45, 2.75) is 50.0 Å². The number of urea groups is 1. The van der Waals surface area contributed by atoms with Crippen molar-refractivity contribution >= 4 is 17.8 Å². The van der Waals surface area contributed by atoms with E-state index >= 15 is 0 Å². The van der Waals surface area contributed by atoms with E-state index in [2.05, 4.69) is 0 Å². The van der Waals surface area contributed by atoms with Gasteiger partial charge in [-0.25, -0.2) is 9.18 Å². The number of hydrogen-bond donors (Lipinski definition) is 2. The summed E-state index contributed by atoms with van der Waals surface area (Å²) in [5.74, 6) is -3.49. The lowest BCUT2D eigenvalue weighted by Gasteiger charge is -2.32. The Labute approximate surface area is 151 Å². The SMILES string of the molecule is O=C(NC1(C(F)(F)F)NC(=O)N(C2CCCCC2)C1=O)c1ccc(F)cc1. The van der Waals surface area contributed by atoms with Crippen LogP contribution in [-0.4, -0.2) is 40.6 Å². The third kappa shape index (κ3) is 3.35. The highest BCUT2D eigenvalue weighted by Gasteiger charge is 2.69. The molecule has 6 nitrogen and oxygen atoms in total. The van der Waals surface area contributed by atoms with E-state index in [-0.39, 0.29) is 5.56 Å². The molecule has 1 aromatic carbocycles. The average Bonchev–Trinajstić information content (AvgIpc) is 2.87. The number of amides is 4. The first kappa shape index (κ1) is 19.1. The molecule has 1 aliphatic carbocycles. The monoisotopic (exact) mass is 387 g/mol. The first-order valence-corrected chi connectivity index (χ1v) is 8.46. The van der Waals surface area contributed by atoms with E-state index in [1.54, 1.807) is 10.6 Å². The molecule has 1 heterocycles. The maximum Gasteiger partial charge on any atom is 0.440 e. The number of alkyl halides is 3. The third-order valence-electron chi connectivity index (χ3n) is 4.83. The minimum absolute atomic E-state index is 0.279. The van der Waals surface area contributed by atoms with Crippen molar-refractivity contribution in [1.29, 1.82) is 0 Å². The Morgan fingerprint density at radius 2 is 1.70 bits per heavy atom. The quantitative estimate of drug-likeness (QED) is 0.618. The predicted molar refractivity (Wildman–Crippen MR) is 84.9 cm³/mol. The van der Waals surface area contributed by atoms with Crippen LogP contribution < -0.4 is 10.6 Å². The zero-order chi connectivity index (χ0) is 19.8. The molecule has 27 heavy (non-hydrogen) atoms. The molecule has 2 N–H and O–H groups in total. The molecule has 1 atom stereocenters. The minimum atomic E-state index is -5.27. The number of carbonyl (C=O) groups excluding carboxylic acids is 3. The van der Waals surface area contributed by atoms with Gasteiger partial charge >= 0.3 is 12.2 Å². The number of benzene rings is 1. The first-order chi connectivity index (χ1) is 12.7. The molecule has 10 heteroatoms. The summed E-state index contributed by atoms with van der Waals surface area (Å²) < 4.78 is 54.3. The first-order valence-electron chi connectivity index (χ1n) is 8.46. The lowest BCUT2D eigenvalue weighted by Crippen LogP contribution is -2.69. The summed E-state index contributed by atoms with van der Waals surface area (Å²) in [4.78, 5) is 37.7. The van der Waals surface area contributed by atoms with Crippen molar-refractivity contribution in [3.05, 3.63) is 35.6 Å². The summed E-state index contributed by atoms with van der Waals surface area (Å²) in [5.41, 5.74) is -3.83. The van der Waals surface area contributed by atoms with E-state index in [9.17, 15) is 31.9 Å². The van der Waals surface area contributed by atoms with E-state index in [1.807, 2.05) is 0 Å². The zero-order valence-electron chi connectivity index (χ0n) is 14.1. The van der Waals surface area contributed by atoms with Crippen molar-refractivity contribution in [1.82, 2.24) is 15.5 Å². The summed E-state index contributed by atoms with van der Waals surface area (Å²) in [5, 5.41) is 3.23. The molecule has 2 fully saturated rings. The fourth-order valence-corrected chi connectivity index (χ4v) is 3.41. The topological polar surface area (TPSA) is 78.5 Å². The second kappa shape index (κ2) is 6.82. The number of nitrogens with zero attached hydrogens (tertiary/aromatic N) is 1. The van der Waals surface area contributed by atoms with Crippen LogP contribution in [0, 0.1) is 5.82 Å². The van der Waals surface area contributed by atoms with Gasteiger partial charge in [0.1, 0.15) is 5.82 Å². The summed E-state index contributed by atoms with van der Waals surface area (Å²) in [7, 11) is 0. The molecule has 4 amide bonds. The van der Waals surface area contributed by atoms with Gasteiger partial charge in [0.2, 0.25) is 0 Å². The van der Waals surface area contributed by atoms with Gasteiger partial charge in [-0.05, 0) is 37.1 Å². The molecule has 0 radical (unpaired) electrons. The maximum atomic E-state index is 13.8. The number of imide groups is 1. The molecule has 0 bridgehead atoms. The summed E-state index contributed by atoms with van der Waals surface area (Å²) in [6.45, 7) is 0. The normalized spacial score (nSPS) is 24.1. The summed E-state index contributed by atoms with van der Waals surface area (Å²) in [6, 6.07) is 1.93. The van der Waals surface area contributed by atoms with Gasteiger partial charge in [-0.1, -0.05) is 19.3 Å². The Kier molecular flexibility index (Phi) is 4.83. The minimum Gasteiger partial charge on any atom is -0.314 e. The number of carbonyl (C=O) groups is 3. The van der Waals surface area contributed by atoms with Gasteiger partial charge in [0.05, 0.1) is 0 Å². The molecular formula is C17H17F4N3O3. The van der Waals surface area contributed by atoms with Crippen LogP contribution in [0.4, 0.5) is 22.4 Å². The summed E-state index contributed by atoms with van der Waals surface area (Å²) in [6.07, 6.45) is -2.16. The van der Waals surface area contributed by atoms with Crippen LogP contribution in [0.15, 0.2) is 24.3 Å². The van der Waals surface area contributed by atoms with Gasteiger partial charge in [-0.3, -0.25) is 19.8 Å². The Bertz CT molecular complexity index is 760. The van der Waals surface area contributed by atoms with E-state index < -0.39 is 41.5 Å². The van der Waals surface area contributed by atoms with Crippen molar-refractivity contribution in [2.24, 2.45) is 0 Å². The molecule has 1 aromatic rings. The highest BCUT2D eigenvalue weighted by molar-refractivity contribution is 6.10. The van der Waals surface area contributed by atoms with Gasteiger partial charge in [0.25, 0.3) is 17.5 Å². The highest BCUT2D eigenvalue weighted by atomic mass is 19.4. The van der Waals surface area contributed by atoms with Crippen LogP contribution in [0.1, 0.15) is 42.5 Å². The molecule has 0 aromatic heterocycles. The van der Waals surface area contributed by atoms with Crippen molar-refractivity contribution in [3.8, 4) is 0 Å².